The molecule has 0 saturated carbocycles. The zero-order valence-corrected chi connectivity index (χ0v) is 11.1. The van der Waals surface area contributed by atoms with Crippen molar-refractivity contribution in [2.75, 3.05) is 0 Å². The Labute approximate surface area is 113 Å². The zero-order valence-electron chi connectivity index (χ0n) is 8.82. The summed E-state index contributed by atoms with van der Waals surface area (Å²) in [6.45, 7) is 1.91. The summed E-state index contributed by atoms with van der Waals surface area (Å²) in [5.41, 5.74) is 1.95. The SMILES string of the molecule is Cc1cc(Cc2noc(C(Cl)(Cl)Cl)n2)ccn1. The zero-order chi connectivity index (χ0) is 12.5. The number of halogens is 3. The van der Waals surface area contributed by atoms with Gasteiger partial charge in [-0.25, -0.2) is 0 Å². The average molecular weight is 293 g/mol. The summed E-state index contributed by atoms with van der Waals surface area (Å²) in [5, 5.41) is 3.75. The minimum absolute atomic E-state index is 0.0247. The number of rotatable bonds is 2. The highest BCUT2D eigenvalue weighted by Crippen LogP contribution is 2.36. The van der Waals surface area contributed by atoms with E-state index in [-0.39, 0.29) is 5.89 Å². The van der Waals surface area contributed by atoms with E-state index in [4.69, 9.17) is 39.3 Å². The Kier molecular flexibility index (Phi) is 3.56. The maximum atomic E-state index is 5.62. The number of alkyl halides is 3. The molecule has 0 spiro atoms. The first-order chi connectivity index (χ1) is 7.95. The average Bonchev–Trinajstić information content (AvgIpc) is 2.65. The van der Waals surface area contributed by atoms with Crippen molar-refractivity contribution < 1.29 is 4.52 Å². The van der Waals surface area contributed by atoms with E-state index in [1.807, 2.05) is 19.1 Å². The number of aryl methyl sites for hydroxylation is 1. The standard InChI is InChI=1S/C10H8Cl3N3O/c1-6-4-7(2-3-14-6)5-8-15-9(17-16-8)10(11,12)13/h2-4H,5H2,1H3. The van der Waals surface area contributed by atoms with Crippen LogP contribution < -0.4 is 0 Å². The second-order valence-electron chi connectivity index (χ2n) is 3.50. The van der Waals surface area contributed by atoms with Crippen LogP contribution in [-0.4, -0.2) is 15.1 Å². The van der Waals surface area contributed by atoms with Crippen molar-refractivity contribution in [1.82, 2.24) is 15.1 Å². The van der Waals surface area contributed by atoms with E-state index in [1.165, 1.54) is 0 Å². The molecule has 0 unspecified atom stereocenters. The monoisotopic (exact) mass is 291 g/mol. The number of nitrogens with zero attached hydrogens (tertiary/aromatic N) is 3. The second-order valence-corrected chi connectivity index (χ2v) is 5.78. The summed E-state index contributed by atoms with van der Waals surface area (Å²) in [6.07, 6.45) is 2.23. The van der Waals surface area contributed by atoms with Gasteiger partial charge >= 0.3 is 0 Å². The van der Waals surface area contributed by atoms with E-state index in [0.29, 0.717) is 12.2 Å². The summed E-state index contributed by atoms with van der Waals surface area (Å²) >= 11 is 16.9. The van der Waals surface area contributed by atoms with Gasteiger partial charge in [-0.1, -0.05) is 40.0 Å². The van der Waals surface area contributed by atoms with Crippen LogP contribution in [0.5, 0.6) is 0 Å². The fraction of sp³-hybridized carbons (Fsp3) is 0.300. The van der Waals surface area contributed by atoms with Gasteiger partial charge in [0, 0.05) is 18.3 Å². The number of aromatic nitrogens is 3. The summed E-state index contributed by atoms with van der Waals surface area (Å²) in [6, 6.07) is 3.81. The molecule has 4 nitrogen and oxygen atoms in total. The lowest BCUT2D eigenvalue weighted by Crippen LogP contribution is -2.00. The molecule has 90 valence electrons. The van der Waals surface area contributed by atoms with Crippen LogP contribution in [0.3, 0.4) is 0 Å². The smallest absolute Gasteiger partial charge is 0.278 e. The lowest BCUT2D eigenvalue weighted by Gasteiger charge is -2.01. The van der Waals surface area contributed by atoms with Gasteiger partial charge in [-0.3, -0.25) is 4.98 Å². The Morgan fingerprint density at radius 3 is 2.71 bits per heavy atom. The third kappa shape index (κ3) is 3.31. The van der Waals surface area contributed by atoms with Crippen molar-refractivity contribution in [3.05, 3.63) is 41.3 Å². The van der Waals surface area contributed by atoms with Gasteiger partial charge in [0.05, 0.1) is 0 Å². The Bertz CT molecular complexity index is 522. The molecule has 7 heteroatoms. The van der Waals surface area contributed by atoms with E-state index < -0.39 is 3.79 Å². The van der Waals surface area contributed by atoms with E-state index in [9.17, 15) is 0 Å². The predicted molar refractivity (Wildman–Crippen MR) is 65.3 cm³/mol. The van der Waals surface area contributed by atoms with E-state index in [0.717, 1.165) is 11.3 Å². The molecule has 0 atom stereocenters. The van der Waals surface area contributed by atoms with Crippen LogP contribution in [0.2, 0.25) is 0 Å². The lowest BCUT2D eigenvalue weighted by molar-refractivity contribution is 0.377. The maximum absolute atomic E-state index is 5.62. The van der Waals surface area contributed by atoms with Crippen molar-refractivity contribution in [1.29, 1.82) is 0 Å². The van der Waals surface area contributed by atoms with Gasteiger partial charge in [-0.05, 0) is 24.6 Å². The largest absolute Gasteiger partial charge is 0.335 e. The van der Waals surface area contributed by atoms with Crippen LogP contribution in [0.4, 0.5) is 0 Å². The molecule has 0 N–H and O–H groups in total. The fourth-order valence-electron chi connectivity index (χ4n) is 1.34. The Morgan fingerprint density at radius 1 is 1.35 bits per heavy atom. The minimum atomic E-state index is -1.68. The highest BCUT2D eigenvalue weighted by molar-refractivity contribution is 6.66. The van der Waals surface area contributed by atoms with Crippen molar-refractivity contribution in [2.24, 2.45) is 0 Å². The fourth-order valence-corrected chi connectivity index (χ4v) is 1.57. The highest BCUT2D eigenvalue weighted by atomic mass is 35.6. The van der Waals surface area contributed by atoms with Gasteiger partial charge in [0.1, 0.15) is 0 Å². The van der Waals surface area contributed by atoms with Gasteiger partial charge in [0.25, 0.3) is 9.68 Å². The van der Waals surface area contributed by atoms with E-state index in [1.54, 1.807) is 6.20 Å². The molecule has 0 aliphatic rings. The molecule has 2 rings (SSSR count). The molecule has 0 bridgehead atoms. The molecule has 0 amide bonds. The quantitative estimate of drug-likeness (QED) is 0.798. The Hall–Kier alpha value is -0.840. The van der Waals surface area contributed by atoms with Gasteiger partial charge < -0.3 is 4.52 Å². The highest BCUT2D eigenvalue weighted by Gasteiger charge is 2.30. The summed E-state index contributed by atoms with van der Waals surface area (Å²) in [4.78, 5) is 8.11. The number of pyridine rings is 1. The molecule has 2 aromatic rings. The molecule has 2 aromatic heterocycles. The molecular formula is C10H8Cl3N3O. The number of hydrogen-bond acceptors (Lipinski definition) is 4. The van der Waals surface area contributed by atoms with Crippen molar-refractivity contribution >= 4 is 34.8 Å². The Morgan fingerprint density at radius 2 is 2.12 bits per heavy atom. The van der Waals surface area contributed by atoms with Crippen LogP contribution in [0, 0.1) is 6.92 Å². The summed E-state index contributed by atoms with van der Waals surface area (Å²) in [7, 11) is 0. The molecule has 0 fully saturated rings. The summed E-state index contributed by atoms with van der Waals surface area (Å²) < 4.78 is 3.18. The van der Waals surface area contributed by atoms with Gasteiger partial charge in [-0.2, -0.15) is 4.98 Å². The van der Waals surface area contributed by atoms with Crippen molar-refractivity contribution in [3.63, 3.8) is 0 Å². The maximum Gasteiger partial charge on any atom is 0.278 e. The predicted octanol–water partition coefficient (Wildman–Crippen LogP) is 3.19. The van der Waals surface area contributed by atoms with Crippen LogP contribution >= 0.6 is 34.8 Å². The minimum Gasteiger partial charge on any atom is -0.335 e. The molecule has 0 saturated heterocycles. The molecule has 0 aliphatic carbocycles. The first kappa shape index (κ1) is 12.6. The topological polar surface area (TPSA) is 51.8 Å². The first-order valence-electron chi connectivity index (χ1n) is 4.76. The summed E-state index contributed by atoms with van der Waals surface area (Å²) in [5.74, 6) is 0.445. The molecule has 0 radical (unpaired) electrons. The normalized spacial score (nSPS) is 11.8. The van der Waals surface area contributed by atoms with E-state index >= 15 is 0 Å². The Balaban J connectivity index is 2.17. The van der Waals surface area contributed by atoms with Crippen LogP contribution in [0.15, 0.2) is 22.9 Å². The van der Waals surface area contributed by atoms with Gasteiger partial charge in [0.15, 0.2) is 5.82 Å². The van der Waals surface area contributed by atoms with Crippen LogP contribution in [-0.2, 0) is 10.2 Å². The second kappa shape index (κ2) is 4.80. The van der Waals surface area contributed by atoms with Crippen LogP contribution in [0.25, 0.3) is 0 Å². The van der Waals surface area contributed by atoms with Gasteiger partial charge in [0.2, 0.25) is 0 Å². The third-order valence-corrected chi connectivity index (χ3v) is 2.52. The van der Waals surface area contributed by atoms with Crippen LogP contribution in [0.1, 0.15) is 23.0 Å². The molecule has 0 aliphatic heterocycles. The number of hydrogen-bond donors (Lipinski definition) is 0. The molecular weight excluding hydrogens is 284 g/mol. The van der Waals surface area contributed by atoms with E-state index in [2.05, 4.69) is 15.1 Å². The van der Waals surface area contributed by atoms with Crippen molar-refractivity contribution in [2.45, 2.75) is 17.1 Å². The van der Waals surface area contributed by atoms with Crippen molar-refractivity contribution in [3.8, 4) is 0 Å². The first-order valence-corrected chi connectivity index (χ1v) is 5.90. The lowest BCUT2D eigenvalue weighted by atomic mass is 10.1. The molecule has 0 aromatic carbocycles. The molecule has 2 heterocycles. The van der Waals surface area contributed by atoms with Gasteiger partial charge in [-0.15, -0.1) is 0 Å². The molecule has 17 heavy (non-hydrogen) atoms. The third-order valence-electron chi connectivity index (χ3n) is 2.03.